The second-order valence-corrected chi connectivity index (χ2v) is 4.01. The first-order valence-corrected chi connectivity index (χ1v) is 5.60. The van der Waals surface area contributed by atoms with Crippen LogP contribution in [0.4, 0.5) is 0 Å². The number of aliphatic hydroxyl groups is 1. The molecule has 3 nitrogen and oxygen atoms in total. The van der Waals surface area contributed by atoms with Gasteiger partial charge in [-0.25, -0.2) is 0 Å². The normalized spacial score (nSPS) is 15.9. The molecule has 0 heterocycles. The fourth-order valence-electron chi connectivity index (χ4n) is 1.56. The van der Waals surface area contributed by atoms with Crippen LogP contribution in [-0.2, 0) is 9.53 Å². The summed E-state index contributed by atoms with van der Waals surface area (Å²) in [5.74, 6) is -0.328. The van der Waals surface area contributed by atoms with Crippen molar-refractivity contribution >= 4 is 5.97 Å². The number of carbonyl (C=O) groups excluding carboxylic acids is 1. The molecule has 0 aromatic heterocycles. The van der Waals surface area contributed by atoms with E-state index in [1.54, 1.807) is 12.2 Å². The molecule has 1 N–H and O–H groups in total. The molecule has 92 valence electrons. The molecule has 0 bridgehead atoms. The maximum atomic E-state index is 10.9. The lowest BCUT2D eigenvalue weighted by Crippen LogP contribution is -2.35. The van der Waals surface area contributed by atoms with Crippen molar-refractivity contribution < 1.29 is 14.6 Å². The van der Waals surface area contributed by atoms with E-state index >= 15 is 0 Å². The van der Waals surface area contributed by atoms with E-state index in [9.17, 15) is 9.90 Å². The Morgan fingerprint density at radius 1 is 1.44 bits per heavy atom. The van der Waals surface area contributed by atoms with E-state index in [2.05, 4.69) is 13.2 Å². The summed E-state index contributed by atoms with van der Waals surface area (Å²) in [5.41, 5.74) is 0. The molecule has 0 fully saturated rings. The van der Waals surface area contributed by atoms with Gasteiger partial charge in [0.05, 0.1) is 6.10 Å². The highest BCUT2D eigenvalue weighted by molar-refractivity contribution is 5.66. The highest BCUT2D eigenvalue weighted by Gasteiger charge is 2.25. The molecule has 0 aliphatic rings. The molecule has 0 unspecified atom stereocenters. The van der Waals surface area contributed by atoms with Crippen LogP contribution in [0.25, 0.3) is 0 Å². The van der Waals surface area contributed by atoms with Crippen LogP contribution in [0, 0.1) is 5.92 Å². The number of esters is 1. The van der Waals surface area contributed by atoms with Gasteiger partial charge in [-0.1, -0.05) is 19.1 Å². The molecule has 0 rings (SSSR count). The van der Waals surface area contributed by atoms with Gasteiger partial charge in [0, 0.05) is 6.92 Å². The van der Waals surface area contributed by atoms with Gasteiger partial charge in [-0.2, -0.15) is 0 Å². The summed E-state index contributed by atoms with van der Waals surface area (Å²) in [6.07, 6.45) is 4.43. The molecule has 0 aliphatic carbocycles. The van der Waals surface area contributed by atoms with E-state index < -0.39 is 12.2 Å². The molecule has 0 amide bonds. The van der Waals surface area contributed by atoms with Crippen LogP contribution >= 0.6 is 0 Å². The molecule has 0 aromatic carbocycles. The Balaban J connectivity index is 4.39. The quantitative estimate of drug-likeness (QED) is 0.511. The molecule has 0 saturated carbocycles. The predicted molar refractivity (Wildman–Crippen MR) is 65.0 cm³/mol. The molecule has 0 spiro atoms. The Morgan fingerprint density at radius 3 is 2.50 bits per heavy atom. The highest BCUT2D eigenvalue weighted by Crippen LogP contribution is 2.18. The zero-order valence-electron chi connectivity index (χ0n) is 10.2. The van der Waals surface area contributed by atoms with Gasteiger partial charge in [0.25, 0.3) is 0 Å². The Morgan fingerprint density at radius 2 is 2.06 bits per heavy atom. The van der Waals surface area contributed by atoms with Gasteiger partial charge in [0.2, 0.25) is 0 Å². The highest BCUT2D eigenvalue weighted by atomic mass is 16.6. The molecule has 0 aromatic rings. The third-order valence-corrected chi connectivity index (χ3v) is 2.48. The Kier molecular flexibility index (Phi) is 7.56. The summed E-state index contributed by atoms with van der Waals surface area (Å²) in [7, 11) is 0. The van der Waals surface area contributed by atoms with E-state index in [1.165, 1.54) is 6.92 Å². The Labute approximate surface area is 97.8 Å². The van der Waals surface area contributed by atoms with Crippen LogP contribution in [0.15, 0.2) is 25.3 Å². The number of hydrogen-bond acceptors (Lipinski definition) is 3. The first-order chi connectivity index (χ1) is 7.52. The minimum atomic E-state index is -0.651. The van der Waals surface area contributed by atoms with Crippen LogP contribution < -0.4 is 0 Å². The second-order valence-electron chi connectivity index (χ2n) is 4.01. The van der Waals surface area contributed by atoms with E-state index in [1.807, 2.05) is 6.92 Å². The van der Waals surface area contributed by atoms with Gasteiger partial charge in [-0.3, -0.25) is 4.79 Å². The van der Waals surface area contributed by atoms with Crippen LogP contribution in [0.2, 0.25) is 0 Å². The molecule has 0 radical (unpaired) electrons. The fourth-order valence-corrected chi connectivity index (χ4v) is 1.56. The van der Waals surface area contributed by atoms with Crippen LogP contribution in [0.1, 0.15) is 33.1 Å². The van der Waals surface area contributed by atoms with Crippen molar-refractivity contribution in [3.8, 4) is 0 Å². The number of ether oxygens (including phenoxy) is 1. The van der Waals surface area contributed by atoms with E-state index in [4.69, 9.17) is 4.74 Å². The van der Waals surface area contributed by atoms with Crippen molar-refractivity contribution in [3.63, 3.8) is 0 Å². The minimum absolute atomic E-state index is 0.0339. The van der Waals surface area contributed by atoms with Crippen molar-refractivity contribution in [1.82, 2.24) is 0 Å². The van der Waals surface area contributed by atoms with Gasteiger partial charge in [-0.05, 0) is 25.2 Å². The maximum absolute atomic E-state index is 10.9. The molecular formula is C13H22O3. The van der Waals surface area contributed by atoms with Crippen molar-refractivity contribution in [1.29, 1.82) is 0 Å². The molecule has 3 heteroatoms. The first kappa shape index (κ1) is 14.9. The summed E-state index contributed by atoms with van der Waals surface area (Å²) in [4.78, 5) is 10.9. The average Bonchev–Trinajstić information content (AvgIpc) is 2.23. The monoisotopic (exact) mass is 226 g/mol. The third kappa shape index (κ3) is 5.71. The predicted octanol–water partition coefficient (Wildman–Crippen LogP) is 2.46. The molecule has 0 saturated heterocycles. The third-order valence-electron chi connectivity index (χ3n) is 2.48. The van der Waals surface area contributed by atoms with E-state index in [0.29, 0.717) is 12.8 Å². The Bertz CT molecular complexity index is 235. The van der Waals surface area contributed by atoms with E-state index in [-0.39, 0.29) is 11.9 Å². The maximum Gasteiger partial charge on any atom is 0.302 e. The zero-order valence-corrected chi connectivity index (χ0v) is 10.2. The summed E-state index contributed by atoms with van der Waals surface area (Å²) in [6.45, 7) is 10.5. The van der Waals surface area contributed by atoms with Crippen LogP contribution in [0.5, 0.6) is 0 Å². The van der Waals surface area contributed by atoms with E-state index in [0.717, 1.165) is 6.42 Å². The molecular weight excluding hydrogens is 204 g/mol. The van der Waals surface area contributed by atoms with Crippen molar-refractivity contribution in [2.75, 3.05) is 0 Å². The van der Waals surface area contributed by atoms with Gasteiger partial charge >= 0.3 is 5.97 Å². The lowest BCUT2D eigenvalue weighted by Gasteiger charge is -2.26. The minimum Gasteiger partial charge on any atom is -0.460 e. The van der Waals surface area contributed by atoms with Crippen molar-refractivity contribution in [2.24, 2.45) is 5.92 Å². The van der Waals surface area contributed by atoms with Gasteiger partial charge < -0.3 is 9.84 Å². The Hall–Kier alpha value is -1.09. The lowest BCUT2D eigenvalue weighted by molar-refractivity contribution is -0.154. The summed E-state index contributed by atoms with van der Waals surface area (Å²) in [5, 5.41) is 10.0. The SMILES string of the molecule is C=CCC[C@@H](OC(C)=O)[C@H](O)[C@@H](C)CC=C. The number of carbonyl (C=O) groups is 1. The fraction of sp³-hybridized carbons (Fsp3) is 0.615. The van der Waals surface area contributed by atoms with Crippen molar-refractivity contribution in [2.45, 2.75) is 45.3 Å². The summed E-state index contributed by atoms with van der Waals surface area (Å²) >= 11 is 0. The standard InChI is InChI=1S/C13H22O3/c1-5-7-9-12(16-11(4)14)13(15)10(3)8-6-2/h5-6,10,12-13,15H,1-2,7-9H2,3-4H3/t10-,12+,13+/m0/s1. The molecule has 16 heavy (non-hydrogen) atoms. The average molecular weight is 226 g/mol. The van der Waals surface area contributed by atoms with Gasteiger partial charge in [0.15, 0.2) is 0 Å². The number of hydrogen-bond donors (Lipinski definition) is 1. The number of allylic oxidation sites excluding steroid dienone is 2. The molecule has 3 atom stereocenters. The number of rotatable bonds is 8. The number of aliphatic hydroxyl groups excluding tert-OH is 1. The summed E-state index contributed by atoms with van der Waals surface area (Å²) < 4.78 is 5.11. The van der Waals surface area contributed by atoms with Crippen LogP contribution in [-0.4, -0.2) is 23.3 Å². The smallest absolute Gasteiger partial charge is 0.302 e. The zero-order chi connectivity index (χ0) is 12.6. The van der Waals surface area contributed by atoms with Crippen molar-refractivity contribution in [3.05, 3.63) is 25.3 Å². The molecule has 0 aliphatic heterocycles. The second kappa shape index (κ2) is 8.11. The van der Waals surface area contributed by atoms with Crippen LogP contribution in [0.3, 0.4) is 0 Å². The largest absolute Gasteiger partial charge is 0.460 e. The lowest BCUT2D eigenvalue weighted by atomic mass is 9.94. The van der Waals surface area contributed by atoms with Gasteiger partial charge in [0.1, 0.15) is 6.10 Å². The topological polar surface area (TPSA) is 46.5 Å². The van der Waals surface area contributed by atoms with Gasteiger partial charge in [-0.15, -0.1) is 13.2 Å². The summed E-state index contributed by atoms with van der Waals surface area (Å²) in [6, 6.07) is 0. The first-order valence-electron chi connectivity index (χ1n) is 5.60.